The number of benzene rings is 4. The van der Waals surface area contributed by atoms with Crippen molar-refractivity contribution in [3.63, 3.8) is 0 Å². The Hall–Kier alpha value is -5.38. The number of aliphatic hydroxyl groups excluding tert-OH is 1. The van der Waals surface area contributed by atoms with Crippen LogP contribution in [0, 0.1) is 0 Å². The van der Waals surface area contributed by atoms with Gasteiger partial charge in [0, 0.05) is 48.7 Å². The maximum Gasteiger partial charge on any atom is 0.257 e. The van der Waals surface area contributed by atoms with Gasteiger partial charge in [0.1, 0.15) is 17.6 Å². The third-order valence-corrected chi connectivity index (χ3v) is 8.60. The van der Waals surface area contributed by atoms with Gasteiger partial charge in [-0.25, -0.2) is 0 Å². The number of pyridine rings is 1. The number of amides is 1. The predicted octanol–water partition coefficient (Wildman–Crippen LogP) is 6.61. The van der Waals surface area contributed by atoms with E-state index >= 15 is 0 Å². The number of ether oxygens (including phenoxy) is 3. The molecule has 238 valence electrons. The van der Waals surface area contributed by atoms with Crippen LogP contribution in [0.1, 0.15) is 33.2 Å². The van der Waals surface area contributed by atoms with Gasteiger partial charge in [0.05, 0.1) is 49.6 Å². The van der Waals surface area contributed by atoms with Crippen molar-refractivity contribution in [3.8, 4) is 22.6 Å². The van der Waals surface area contributed by atoms with Crippen LogP contribution >= 0.6 is 0 Å². The number of rotatable bonds is 9. The van der Waals surface area contributed by atoms with Crippen molar-refractivity contribution in [2.24, 2.45) is 0 Å². The van der Waals surface area contributed by atoms with E-state index in [2.05, 4.69) is 38.7 Å². The lowest BCUT2D eigenvalue weighted by Gasteiger charge is -2.28. The summed E-state index contributed by atoms with van der Waals surface area (Å²) in [5, 5.41) is 17.5. The maximum absolute atomic E-state index is 13.3. The molecule has 9 heteroatoms. The van der Waals surface area contributed by atoms with Crippen LogP contribution in [0.25, 0.3) is 11.1 Å². The monoisotopic (exact) mass is 628 g/mol. The van der Waals surface area contributed by atoms with Crippen LogP contribution in [0.15, 0.2) is 103 Å². The fraction of sp³-hybridized carbons (Fsp3) is 0.211. The van der Waals surface area contributed by atoms with E-state index in [0.29, 0.717) is 41.2 Å². The molecule has 2 aliphatic rings. The first-order valence-corrected chi connectivity index (χ1v) is 15.7. The molecule has 4 aromatic carbocycles. The fourth-order valence-corrected chi connectivity index (χ4v) is 6.01. The van der Waals surface area contributed by atoms with Gasteiger partial charge in [-0.3, -0.25) is 9.78 Å². The lowest BCUT2D eigenvalue weighted by molar-refractivity contribution is 0.102. The summed E-state index contributed by atoms with van der Waals surface area (Å²) in [5.41, 5.74) is 8.14. The van der Waals surface area contributed by atoms with Crippen molar-refractivity contribution in [1.82, 2.24) is 4.98 Å². The van der Waals surface area contributed by atoms with Gasteiger partial charge in [0.25, 0.3) is 5.91 Å². The molecule has 47 heavy (non-hydrogen) atoms. The summed E-state index contributed by atoms with van der Waals surface area (Å²) in [7, 11) is 1.59. The van der Waals surface area contributed by atoms with Gasteiger partial charge in [0.15, 0.2) is 0 Å². The summed E-state index contributed by atoms with van der Waals surface area (Å²) in [6, 6.07) is 29.2. The minimum atomic E-state index is -0.870. The second-order valence-electron chi connectivity index (χ2n) is 11.6. The molecule has 5 aromatic rings. The van der Waals surface area contributed by atoms with E-state index in [4.69, 9.17) is 14.2 Å². The van der Waals surface area contributed by atoms with Crippen LogP contribution in [0.4, 0.5) is 22.7 Å². The van der Waals surface area contributed by atoms with Crippen molar-refractivity contribution in [2.75, 3.05) is 55.6 Å². The Morgan fingerprint density at radius 2 is 1.70 bits per heavy atom. The zero-order chi connectivity index (χ0) is 32.2. The summed E-state index contributed by atoms with van der Waals surface area (Å²) < 4.78 is 17.1. The van der Waals surface area contributed by atoms with Gasteiger partial charge in [-0.2, -0.15) is 0 Å². The minimum Gasteiger partial charge on any atom is -0.496 e. The Morgan fingerprint density at radius 3 is 2.49 bits per heavy atom. The number of aliphatic hydroxyl groups is 1. The SMILES string of the molecule is COc1cc(-c2ccc3c(c2)Nc2ccc(CCOc4ccc(N5CCOCC5)cc4)cc2NC3=O)ccc1C(O)c1cccnc1. The molecule has 0 radical (unpaired) electrons. The number of anilines is 4. The zero-order valence-electron chi connectivity index (χ0n) is 26.1. The van der Waals surface area contributed by atoms with Crippen LogP contribution in [0.3, 0.4) is 0 Å². The predicted molar refractivity (Wildman–Crippen MR) is 183 cm³/mol. The number of aromatic nitrogens is 1. The van der Waals surface area contributed by atoms with Crippen LogP contribution < -0.4 is 25.0 Å². The molecule has 1 fully saturated rings. The highest BCUT2D eigenvalue weighted by Gasteiger charge is 2.21. The second kappa shape index (κ2) is 13.5. The standard InChI is InChI=1S/C38H36N4O5/c1-45-36-23-27(6-12-32(36)37(43)28-3-2-15-39-24-28)26-5-11-31-34(22-26)40-33-13-4-25(21-35(33)41-38(31)44)14-18-47-30-9-7-29(8-10-30)42-16-19-46-20-17-42/h2-13,15,21-24,37,40,43H,14,16-20H2,1H3,(H,41,44). The molecule has 7 rings (SSSR count). The molecule has 2 aliphatic heterocycles. The van der Waals surface area contributed by atoms with Crippen LogP contribution in [-0.2, 0) is 11.2 Å². The molecule has 1 unspecified atom stereocenters. The van der Waals surface area contributed by atoms with E-state index in [1.165, 1.54) is 5.69 Å². The average Bonchev–Trinajstić information content (AvgIpc) is 3.26. The summed E-state index contributed by atoms with van der Waals surface area (Å²) in [6.45, 7) is 3.83. The molecule has 3 N–H and O–H groups in total. The van der Waals surface area contributed by atoms with Crippen molar-refractivity contribution in [1.29, 1.82) is 0 Å². The third kappa shape index (κ3) is 6.63. The first-order chi connectivity index (χ1) is 23.1. The topological polar surface area (TPSA) is 105 Å². The molecular formula is C38H36N4O5. The molecule has 0 bridgehead atoms. The molecule has 1 amide bonds. The first kappa shape index (κ1) is 30.3. The van der Waals surface area contributed by atoms with Gasteiger partial charge in [-0.15, -0.1) is 0 Å². The van der Waals surface area contributed by atoms with Crippen molar-refractivity contribution in [3.05, 3.63) is 126 Å². The maximum atomic E-state index is 13.3. The van der Waals surface area contributed by atoms with E-state index in [0.717, 1.165) is 60.1 Å². The minimum absolute atomic E-state index is 0.181. The molecule has 0 aliphatic carbocycles. The lowest BCUT2D eigenvalue weighted by atomic mass is 9.96. The van der Waals surface area contributed by atoms with E-state index in [1.54, 1.807) is 25.6 Å². The van der Waals surface area contributed by atoms with Crippen LogP contribution in [0.5, 0.6) is 11.5 Å². The number of hydrogen-bond donors (Lipinski definition) is 3. The molecule has 1 aromatic heterocycles. The van der Waals surface area contributed by atoms with Gasteiger partial charge in [-0.05, 0) is 77.4 Å². The summed E-state index contributed by atoms with van der Waals surface area (Å²) in [4.78, 5) is 19.7. The third-order valence-electron chi connectivity index (χ3n) is 8.60. The van der Waals surface area contributed by atoms with Crippen molar-refractivity contribution >= 4 is 28.7 Å². The van der Waals surface area contributed by atoms with E-state index in [-0.39, 0.29) is 5.91 Å². The largest absolute Gasteiger partial charge is 0.496 e. The van der Waals surface area contributed by atoms with E-state index in [9.17, 15) is 9.90 Å². The number of fused-ring (bicyclic) bond motifs is 2. The molecular weight excluding hydrogens is 592 g/mol. The Kier molecular flexibility index (Phi) is 8.73. The van der Waals surface area contributed by atoms with Gasteiger partial charge >= 0.3 is 0 Å². The Bertz CT molecular complexity index is 1870. The molecule has 0 spiro atoms. The van der Waals surface area contributed by atoms with Crippen molar-refractivity contribution in [2.45, 2.75) is 12.5 Å². The van der Waals surface area contributed by atoms with Gasteiger partial charge in [0.2, 0.25) is 0 Å². The number of morpholine rings is 1. The smallest absolute Gasteiger partial charge is 0.257 e. The highest BCUT2D eigenvalue weighted by molar-refractivity contribution is 6.12. The normalized spacial score (nSPS) is 14.6. The number of methoxy groups -OCH3 is 1. The van der Waals surface area contributed by atoms with E-state index < -0.39 is 6.10 Å². The fourth-order valence-electron chi connectivity index (χ4n) is 6.01. The number of nitrogens with one attached hydrogen (secondary N) is 2. The van der Waals surface area contributed by atoms with Gasteiger partial charge in [-0.1, -0.05) is 30.3 Å². The van der Waals surface area contributed by atoms with Crippen molar-refractivity contribution < 1.29 is 24.1 Å². The first-order valence-electron chi connectivity index (χ1n) is 15.7. The quantitative estimate of drug-likeness (QED) is 0.168. The number of carbonyl (C=O) groups excluding carboxylic acids is 1. The molecule has 9 nitrogen and oxygen atoms in total. The number of hydrogen-bond acceptors (Lipinski definition) is 8. The molecule has 3 heterocycles. The lowest BCUT2D eigenvalue weighted by Crippen LogP contribution is -2.36. The summed E-state index contributed by atoms with van der Waals surface area (Å²) in [6.07, 6.45) is 3.14. The summed E-state index contributed by atoms with van der Waals surface area (Å²) in [5.74, 6) is 1.21. The number of carbonyl (C=O) groups is 1. The van der Waals surface area contributed by atoms with E-state index in [1.807, 2.05) is 66.7 Å². The Labute approximate surface area is 273 Å². The average molecular weight is 629 g/mol. The second-order valence-corrected chi connectivity index (χ2v) is 11.6. The molecule has 1 atom stereocenters. The number of nitrogens with zero attached hydrogens (tertiary/aromatic N) is 2. The highest BCUT2D eigenvalue weighted by Crippen LogP contribution is 2.38. The van der Waals surface area contributed by atoms with Gasteiger partial charge < -0.3 is 34.9 Å². The Morgan fingerprint density at radius 1 is 0.894 bits per heavy atom. The zero-order valence-corrected chi connectivity index (χ0v) is 26.1. The van der Waals surface area contributed by atoms with Crippen LogP contribution in [0.2, 0.25) is 0 Å². The summed E-state index contributed by atoms with van der Waals surface area (Å²) >= 11 is 0. The molecule has 0 saturated carbocycles. The molecule has 1 saturated heterocycles. The highest BCUT2D eigenvalue weighted by atomic mass is 16.5. The van der Waals surface area contributed by atoms with Crippen LogP contribution in [-0.4, -0.2) is 56.0 Å². The Balaban J connectivity index is 1.04.